The smallest absolute Gasteiger partial charge is 0.123 e. The van der Waals surface area contributed by atoms with Crippen molar-refractivity contribution in [1.29, 1.82) is 0 Å². The highest BCUT2D eigenvalue weighted by molar-refractivity contribution is 5.31. The Labute approximate surface area is 77.8 Å². The van der Waals surface area contributed by atoms with Crippen LogP contribution in [0.15, 0.2) is 18.2 Å². The number of rotatable bonds is 1. The molecule has 1 aromatic carbocycles. The summed E-state index contributed by atoms with van der Waals surface area (Å²) in [6.45, 7) is 1.90. The van der Waals surface area contributed by atoms with Gasteiger partial charge in [0.05, 0.1) is 0 Å². The Morgan fingerprint density at radius 1 is 1.31 bits per heavy atom. The maximum absolute atomic E-state index is 13.1. The minimum atomic E-state index is -0.243. The molecule has 1 nitrogen and oxygen atoms in total. The molecule has 0 unspecified atom stereocenters. The van der Waals surface area contributed by atoms with Crippen molar-refractivity contribution < 1.29 is 4.39 Å². The Morgan fingerprint density at radius 2 is 2.00 bits per heavy atom. The third-order valence-corrected chi connectivity index (χ3v) is 2.86. The molecular weight excluding hydrogens is 165 g/mol. The second kappa shape index (κ2) is 2.81. The molecular formula is C11H14FN. The van der Waals surface area contributed by atoms with Crippen LogP contribution in [0.5, 0.6) is 0 Å². The fraction of sp³-hybridized carbons (Fsp3) is 0.455. The number of nitrogens with two attached hydrogens (primary N) is 1. The van der Waals surface area contributed by atoms with E-state index in [-0.39, 0.29) is 11.4 Å². The molecule has 0 aromatic heterocycles. The van der Waals surface area contributed by atoms with Gasteiger partial charge in [-0.1, -0.05) is 6.07 Å². The summed E-state index contributed by atoms with van der Waals surface area (Å²) >= 11 is 0. The third-order valence-electron chi connectivity index (χ3n) is 2.86. The van der Waals surface area contributed by atoms with Gasteiger partial charge < -0.3 is 5.73 Å². The van der Waals surface area contributed by atoms with E-state index in [1.807, 2.05) is 13.0 Å². The van der Waals surface area contributed by atoms with Crippen LogP contribution in [0.4, 0.5) is 4.39 Å². The summed E-state index contributed by atoms with van der Waals surface area (Å²) in [5.41, 5.74) is 7.76. The second-order valence-corrected chi connectivity index (χ2v) is 4.03. The van der Waals surface area contributed by atoms with Gasteiger partial charge in [-0.2, -0.15) is 0 Å². The molecule has 0 saturated heterocycles. The zero-order valence-corrected chi connectivity index (χ0v) is 7.81. The first-order valence-corrected chi connectivity index (χ1v) is 4.67. The van der Waals surface area contributed by atoms with Gasteiger partial charge in [-0.25, -0.2) is 4.39 Å². The molecule has 2 rings (SSSR count). The van der Waals surface area contributed by atoms with Gasteiger partial charge >= 0.3 is 0 Å². The lowest BCUT2D eigenvalue weighted by atomic mass is 9.72. The fourth-order valence-corrected chi connectivity index (χ4v) is 1.87. The molecule has 0 amide bonds. The van der Waals surface area contributed by atoms with E-state index in [9.17, 15) is 4.39 Å². The zero-order chi connectivity index (χ0) is 9.47. The number of aryl methyl sites for hydroxylation is 1. The van der Waals surface area contributed by atoms with Crippen molar-refractivity contribution in [2.45, 2.75) is 31.7 Å². The number of benzene rings is 1. The molecule has 0 heterocycles. The van der Waals surface area contributed by atoms with Crippen LogP contribution in [0.1, 0.15) is 30.4 Å². The molecule has 0 atom stereocenters. The molecule has 1 fully saturated rings. The molecule has 0 spiro atoms. The van der Waals surface area contributed by atoms with Gasteiger partial charge in [0.25, 0.3) is 0 Å². The van der Waals surface area contributed by atoms with E-state index in [2.05, 4.69) is 0 Å². The summed E-state index contributed by atoms with van der Waals surface area (Å²) in [7, 11) is 0. The Balaban J connectivity index is 2.39. The van der Waals surface area contributed by atoms with Crippen LogP contribution in [0.3, 0.4) is 0 Å². The van der Waals surface area contributed by atoms with E-state index in [1.165, 1.54) is 6.07 Å². The number of halogens is 1. The average molecular weight is 179 g/mol. The van der Waals surface area contributed by atoms with Crippen molar-refractivity contribution in [3.8, 4) is 0 Å². The first kappa shape index (κ1) is 8.70. The Kier molecular flexibility index (Phi) is 1.88. The van der Waals surface area contributed by atoms with Gasteiger partial charge in [0.15, 0.2) is 0 Å². The lowest BCUT2D eigenvalue weighted by Crippen LogP contribution is -2.43. The molecule has 2 N–H and O–H groups in total. The molecule has 13 heavy (non-hydrogen) atoms. The standard InChI is InChI=1S/C11H14FN/c1-8-5-9(7-10(12)6-8)11(13)3-2-4-11/h5-7H,2-4,13H2,1H3. The van der Waals surface area contributed by atoms with Crippen molar-refractivity contribution in [2.24, 2.45) is 5.73 Å². The maximum Gasteiger partial charge on any atom is 0.123 e. The van der Waals surface area contributed by atoms with Crippen LogP contribution in [-0.2, 0) is 5.54 Å². The van der Waals surface area contributed by atoms with Crippen molar-refractivity contribution >= 4 is 0 Å². The predicted molar refractivity (Wildman–Crippen MR) is 50.9 cm³/mol. The topological polar surface area (TPSA) is 26.0 Å². The van der Waals surface area contributed by atoms with Crippen molar-refractivity contribution in [3.63, 3.8) is 0 Å². The first-order chi connectivity index (χ1) is 6.10. The molecule has 0 radical (unpaired) electrons. The van der Waals surface area contributed by atoms with Crippen LogP contribution < -0.4 is 5.73 Å². The third kappa shape index (κ3) is 1.46. The Hall–Kier alpha value is -0.890. The van der Waals surface area contributed by atoms with E-state index < -0.39 is 0 Å². The Morgan fingerprint density at radius 3 is 2.46 bits per heavy atom. The molecule has 0 bridgehead atoms. The van der Waals surface area contributed by atoms with Gasteiger partial charge in [-0.15, -0.1) is 0 Å². The van der Waals surface area contributed by atoms with E-state index in [0.29, 0.717) is 0 Å². The molecule has 1 aliphatic carbocycles. The summed E-state index contributed by atoms with van der Waals surface area (Å²) in [4.78, 5) is 0. The van der Waals surface area contributed by atoms with Crippen molar-refractivity contribution in [2.75, 3.05) is 0 Å². The summed E-state index contributed by atoms with van der Waals surface area (Å²) in [5, 5.41) is 0. The van der Waals surface area contributed by atoms with Crippen LogP contribution in [0, 0.1) is 12.7 Å². The summed E-state index contributed by atoms with van der Waals surface area (Å²) in [5.74, 6) is -0.174. The van der Waals surface area contributed by atoms with E-state index in [1.54, 1.807) is 6.07 Å². The molecule has 0 aliphatic heterocycles. The van der Waals surface area contributed by atoms with Crippen LogP contribution in [0.2, 0.25) is 0 Å². The average Bonchev–Trinajstić information content (AvgIpc) is 1.98. The largest absolute Gasteiger partial charge is 0.321 e. The quantitative estimate of drug-likeness (QED) is 0.704. The maximum atomic E-state index is 13.1. The second-order valence-electron chi connectivity index (χ2n) is 4.03. The molecule has 1 saturated carbocycles. The first-order valence-electron chi connectivity index (χ1n) is 4.67. The van der Waals surface area contributed by atoms with Crippen molar-refractivity contribution in [1.82, 2.24) is 0 Å². The minimum Gasteiger partial charge on any atom is -0.321 e. The lowest BCUT2D eigenvalue weighted by molar-refractivity contribution is 0.252. The zero-order valence-electron chi connectivity index (χ0n) is 7.81. The van der Waals surface area contributed by atoms with E-state index >= 15 is 0 Å². The summed E-state index contributed by atoms with van der Waals surface area (Å²) in [6.07, 6.45) is 3.12. The Bertz CT molecular complexity index is 309. The van der Waals surface area contributed by atoms with E-state index in [0.717, 1.165) is 30.4 Å². The highest BCUT2D eigenvalue weighted by Crippen LogP contribution is 2.38. The number of hydrogen-bond donors (Lipinski definition) is 1. The molecule has 2 heteroatoms. The monoisotopic (exact) mass is 179 g/mol. The van der Waals surface area contributed by atoms with Gasteiger partial charge in [0.1, 0.15) is 5.82 Å². The van der Waals surface area contributed by atoms with Crippen LogP contribution in [0.25, 0.3) is 0 Å². The molecule has 70 valence electrons. The van der Waals surface area contributed by atoms with Gasteiger partial charge in [-0.05, 0) is 49.4 Å². The van der Waals surface area contributed by atoms with Crippen molar-refractivity contribution in [3.05, 3.63) is 35.1 Å². The van der Waals surface area contributed by atoms with Crippen LogP contribution >= 0.6 is 0 Å². The van der Waals surface area contributed by atoms with Gasteiger partial charge in [0, 0.05) is 5.54 Å². The normalized spacial score (nSPS) is 19.6. The summed E-state index contributed by atoms with van der Waals surface area (Å²) in [6, 6.07) is 5.08. The van der Waals surface area contributed by atoms with Crippen LogP contribution in [-0.4, -0.2) is 0 Å². The van der Waals surface area contributed by atoms with Gasteiger partial charge in [0.2, 0.25) is 0 Å². The highest BCUT2D eigenvalue weighted by atomic mass is 19.1. The lowest BCUT2D eigenvalue weighted by Gasteiger charge is -2.38. The summed E-state index contributed by atoms with van der Waals surface area (Å²) < 4.78 is 13.1. The molecule has 1 aromatic rings. The highest BCUT2D eigenvalue weighted by Gasteiger charge is 2.34. The van der Waals surface area contributed by atoms with E-state index in [4.69, 9.17) is 5.73 Å². The minimum absolute atomic E-state index is 0.174. The van der Waals surface area contributed by atoms with Gasteiger partial charge in [-0.3, -0.25) is 0 Å². The fourth-order valence-electron chi connectivity index (χ4n) is 1.87. The SMILES string of the molecule is Cc1cc(F)cc(C2(N)CCC2)c1. The number of hydrogen-bond acceptors (Lipinski definition) is 1. The molecule has 1 aliphatic rings. The predicted octanol–water partition coefficient (Wildman–Crippen LogP) is 2.47.